The Labute approximate surface area is 159 Å². The van der Waals surface area contributed by atoms with Crippen LogP contribution in [-0.2, 0) is 6.42 Å². The van der Waals surface area contributed by atoms with E-state index in [0.29, 0.717) is 22.2 Å². The fourth-order valence-corrected chi connectivity index (χ4v) is 3.22. The molecule has 0 aliphatic rings. The minimum absolute atomic E-state index is 0.0117. The number of benzene rings is 1. The Bertz CT molecular complexity index is 1090. The van der Waals surface area contributed by atoms with Gasteiger partial charge in [0.15, 0.2) is 0 Å². The molecule has 0 spiro atoms. The summed E-state index contributed by atoms with van der Waals surface area (Å²) in [5.74, 6) is -2.22. The predicted octanol–water partition coefficient (Wildman–Crippen LogP) is 3.48. The first-order chi connectivity index (χ1) is 12.8. The maximum atomic E-state index is 14.2. The van der Waals surface area contributed by atoms with Gasteiger partial charge in [0.25, 0.3) is 5.56 Å². The van der Waals surface area contributed by atoms with Gasteiger partial charge in [-0.1, -0.05) is 36.7 Å². The van der Waals surface area contributed by atoms with Crippen LogP contribution in [0.4, 0.5) is 4.39 Å². The van der Waals surface area contributed by atoms with Crippen LogP contribution in [0.25, 0.3) is 5.52 Å². The summed E-state index contributed by atoms with van der Waals surface area (Å²) in [5, 5.41) is 18.8. The summed E-state index contributed by atoms with van der Waals surface area (Å²) in [6.45, 7) is 1.54. The predicted molar refractivity (Wildman–Crippen MR) is 100 cm³/mol. The van der Waals surface area contributed by atoms with Crippen molar-refractivity contribution in [2.24, 2.45) is 0 Å². The minimum atomic E-state index is -1.34. The van der Waals surface area contributed by atoms with Gasteiger partial charge in [0.05, 0.1) is 10.5 Å². The van der Waals surface area contributed by atoms with Crippen molar-refractivity contribution >= 4 is 23.1 Å². The Morgan fingerprint density at radius 1 is 1.30 bits per heavy atom. The third-order valence-corrected chi connectivity index (χ3v) is 4.81. The number of aliphatic hydroxyl groups is 1. The maximum Gasteiger partial charge on any atom is 0.341 e. The molecule has 0 fully saturated rings. The molecule has 0 amide bonds. The summed E-state index contributed by atoms with van der Waals surface area (Å²) in [6, 6.07) is 9.40. The van der Waals surface area contributed by atoms with E-state index in [9.17, 15) is 24.2 Å². The first-order valence-electron chi connectivity index (χ1n) is 8.28. The number of halogens is 2. The number of aromatic nitrogens is 1. The fourth-order valence-electron chi connectivity index (χ4n) is 3.02. The summed E-state index contributed by atoms with van der Waals surface area (Å²) in [5.41, 5.74) is 0.981. The molecular weight excluding hydrogens is 373 g/mol. The van der Waals surface area contributed by atoms with Gasteiger partial charge in [-0.3, -0.25) is 9.20 Å². The first-order valence-corrected chi connectivity index (χ1v) is 8.66. The molecule has 2 N–H and O–H groups in total. The van der Waals surface area contributed by atoms with E-state index < -0.39 is 17.3 Å². The van der Waals surface area contributed by atoms with Crippen molar-refractivity contribution in [2.75, 3.05) is 6.61 Å². The van der Waals surface area contributed by atoms with Gasteiger partial charge < -0.3 is 10.2 Å². The smallest absolute Gasteiger partial charge is 0.341 e. The Morgan fingerprint density at radius 3 is 2.70 bits per heavy atom. The monoisotopic (exact) mass is 389 g/mol. The molecule has 27 heavy (non-hydrogen) atoms. The molecule has 0 saturated carbocycles. The molecule has 3 rings (SSSR count). The molecule has 7 heteroatoms. The van der Waals surface area contributed by atoms with Gasteiger partial charge in [0.1, 0.15) is 11.4 Å². The number of carboxylic acids is 1. The van der Waals surface area contributed by atoms with E-state index in [1.54, 1.807) is 31.2 Å². The van der Waals surface area contributed by atoms with E-state index in [0.717, 1.165) is 0 Å². The van der Waals surface area contributed by atoms with Crippen LogP contribution in [0.2, 0.25) is 5.02 Å². The molecule has 1 atom stereocenters. The Balaban J connectivity index is 2.19. The van der Waals surface area contributed by atoms with E-state index in [1.165, 1.54) is 22.7 Å². The molecule has 0 saturated heterocycles. The molecule has 0 aliphatic carbocycles. The average molecular weight is 390 g/mol. The van der Waals surface area contributed by atoms with E-state index in [4.69, 9.17) is 11.6 Å². The first kappa shape index (κ1) is 19.1. The van der Waals surface area contributed by atoms with Crippen molar-refractivity contribution in [2.45, 2.75) is 19.3 Å². The quantitative estimate of drug-likeness (QED) is 0.700. The lowest BCUT2D eigenvalue weighted by atomic mass is 9.98. The molecule has 0 bridgehead atoms. The second-order valence-corrected chi connectivity index (χ2v) is 6.80. The van der Waals surface area contributed by atoms with Gasteiger partial charge in [-0.15, -0.1) is 0 Å². The number of hydrogen-bond acceptors (Lipinski definition) is 3. The zero-order valence-corrected chi connectivity index (χ0v) is 15.2. The molecule has 0 aliphatic heterocycles. The number of pyridine rings is 2. The van der Waals surface area contributed by atoms with Gasteiger partial charge in [-0.05, 0) is 34.9 Å². The lowest BCUT2D eigenvalue weighted by molar-refractivity contribution is 0.0694. The molecule has 2 heterocycles. The number of hydrogen-bond donors (Lipinski definition) is 2. The number of carbonyl (C=O) groups is 1. The highest BCUT2D eigenvalue weighted by Crippen LogP contribution is 2.24. The zero-order valence-electron chi connectivity index (χ0n) is 14.4. The van der Waals surface area contributed by atoms with Gasteiger partial charge in [0, 0.05) is 25.1 Å². The second-order valence-electron chi connectivity index (χ2n) is 6.39. The summed E-state index contributed by atoms with van der Waals surface area (Å²) >= 11 is 5.81. The number of rotatable bonds is 5. The summed E-state index contributed by atoms with van der Waals surface area (Å²) in [7, 11) is 0. The zero-order chi connectivity index (χ0) is 19.7. The third-order valence-electron chi connectivity index (χ3n) is 4.52. The minimum Gasteiger partial charge on any atom is -0.477 e. The van der Waals surface area contributed by atoms with Crippen LogP contribution in [-0.4, -0.2) is 27.2 Å². The number of nitrogens with zero attached hydrogens (tertiary/aromatic N) is 1. The largest absolute Gasteiger partial charge is 0.477 e. The fraction of sp³-hybridized carbons (Fsp3) is 0.200. The van der Waals surface area contributed by atoms with Gasteiger partial charge in [0.2, 0.25) is 0 Å². The maximum absolute atomic E-state index is 14.2. The summed E-state index contributed by atoms with van der Waals surface area (Å²) in [4.78, 5) is 24.0. The van der Waals surface area contributed by atoms with Crippen LogP contribution in [0.15, 0.2) is 47.4 Å². The SMILES string of the molecule is C[C@@H](CO)c1cc(C(=O)O)c(=O)n2cc(Cc3cccc(Cl)c3F)ccc12. The lowest BCUT2D eigenvalue weighted by Gasteiger charge is -2.15. The highest BCUT2D eigenvalue weighted by atomic mass is 35.5. The van der Waals surface area contributed by atoms with Crippen molar-refractivity contribution in [3.8, 4) is 0 Å². The van der Waals surface area contributed by atoms with Crippen LogP contribution >= 0.6 is 11.6 Å². The van der Waals surface area contributed by atoms with Crippen LogP contribution in [0.5, 0.6) is 0 Å². The van der Waals surface area contributed by atoms with Gasteiger partial charge >= 0.3 is 5.97 Å². The lowest BCUT2D eigenvalue weighted by Crippen LogP contribution is -2.24. The molecule has 140 valence electrons. The van der Waals surface area contributed by atoms with Gasteiger partial charge in [-0.25, -0.2) is 9.18 Å². The topological polar surface area (TPSA) is 79.0 Å². The number of carboxylic acid groups (broad SMARTS) is 1. The van der Waals surface area contributed by atoms with Crippen LogP contribution in [0.1, 0.15) is 39.9 Å². The van der Waals surface area contributed by atoms with Crippen LogP contribution < -0.4 is 5.56 Å². The molecule has 0 radical (unpaired) electrons. The molecule has 2 aromatic heterocycles. The van der Waals surface area contributed by atoms with Crippen LogP contribution in [0.3, 0.4) is 0 Å². The standard InChI is InChI=1S/C20H17ClFNO4/c1-11(10-24)14-8-15(20(26)27)19(25)23-9-12(5-6-17(14)23)7-13-3-2-4-16(21)18(13)22/h2-6,8-9,11,24H,7,10H2,1H3,(H,26,27)/t11-/m0/s1. The molecule has 1 aromatic carbocycles. The highest BCUT2D eigenvalue weighted by molar-refractivity contribution is 6.30. The van der Waals surface area contributed by atoms with Crippen molar-refractivity contribution in [3.63, 3.8) is 0 Å². The van der Waals surface area contributed by atoms with Gasteiger partial charge in [-0.2, -0.15) is 0 Å². The average Bonchev–Trinajstić information content (AvgIpc) is 2.65. The van der Waals surface area contributed by atoms with E-state index in [1.807, 2.05) is 0 Å². The summed E-state index contributed by atoms with van der Waals surface area (Å²) in [6.07, 6.45) is 1.69. The number of aliphatic hydroxyl groups excluding tert-OH is 1. The number of aromatic carboxylic acids is 1. The Morgan fingerprint density at radius 2 is 2.04 bits per heavy atom. The Hall–Kier alpha value is -2.70. The molecule has 3 aromatic rings. The number of fused-ring (bicyclic) bond motifs is 1. The third kappa shape index (κ3) is 3.59. The highest BCUT2D eigenvalue weighted by Gasteiger charge is 2.18. The normalized spacial score (nSPS) is 12.3. The van der Waals surface area contributed by atoms with E-state index in [2.05, 4.69) is 0 Å². The molecular formula is C20H17ClFNO4. The Kier molecular flexibility index (Phi) is 5.30. The van der Waals surface area contributed by atoms with E-state index in [-0.39, 0.29) is 29.5 Å². The van der Waals surface area contributed by atoms with E-state index >= 15 is 0 Å². The van der Waals surface area contributed by atoms with Crippen molar-refractivity contribution < 1.29 is 19.4 Å². The van der Waals surface area contributed by atoms with Crippen molar-refractivity contribution in [1.29, 1.82) is 0 Å². The molecule has 5 nitrogen and oxygen atoms in total. The second kappa shape index (κ2) is 7.50. The van der Waals surface area contributed by atoms with Crippen LogP contribution in [0, 0.1) is 5.82 Å². The van der Waals surface area contributed by atoms with Crippen molar-refractivity contribution in [1.82, 2.24) is 4.40 Å². The molecule has 0 unspecified atom stereocenters. The summed E-state index contributed by atoms with van der Waals surface area (Å²) < 4.78 is 15.4. The van der Waals surface area contributed by atoms with Crippen molar-refractivity contribution in [3.05, 3.63) is 86.0 Å².